The van der Waals surface area contributed by atoms with Crippen LogP contribution >= 0.6 is 23.8 Å². The van der Waals surface area contributed by atoms with Gasteiger partial charge < -0.3 is 10.5 Å². The van der Waals surface area contributed by atoms with E-state index < -0.39 is 0 Å². The van der Waals surface area contributed by atoms with Gasteiger partial charge in [0, 0.05) is 5.56 Å². The van der Waals surface area contributed by atoms with E-state index >= 15 is 0 Å². The molecule has 4 heteroatoms. The topological polar surface area (TPSA) is 35.2 Å². The van der Waals surface area contributed by atoms with E-state index in [1.807, 2.05) is 12.1 Å². The van der Waals surface area contributed by atoms with Crippen LogP contribution in [0.1, 0.15) is 38.7 Å². The summed E-state index contributed by atoms with van der Waals surface area (Å²) in [4.78, 5) is 0.355. The van der Waals surface area contributed by atoms with Gasteiger partial charge in [-0.05, 0) is 49.3 Å². The smallest absolute Gasteiger partial charge is 0.138 e. The summed E-state index contributed by atoms with van der Waals surface area (Å²) in [6.07, 6.45) is 3.73. The van der Waals surface area contributed by atoms with Crippen molar-refractivity contribution >= 4 is 28.8 Å². The van der Waals surface area contributed by atoms with Gasteiger partial charge in [-0.3, -0.25) is 0 Å². The van der Waals surface area contributed by atoms with E-state index in [-0.39, 0.29) is 6.10 Å². The third-order valence-electron chi connectivity index (χ3n) is 3.65. The van der Waals surface area contributed by atoms with Crippen LogP contribution in [0.3, 0.4) is 0 Å². The van der Waals surface area contributed by atoms with Crippen molar-refractivity contribution in [2.75, 3.05) is 0 Å². The van der Waals surface area contributed by atoms with Gasteiger partial charge in [0.25, 0.3) is 0 Å². The Morgan fingerprint density at radius 1 is 1.26 bits per heavy atom. The lowest BCUT2D eigenvalue weighted by Crippen LogP contribution is -2.28. The van der Waals surface area contributed by atoms with Crippen LogP contribution in [-0.4, -0.2) is 11.1 Å². The second kappa shape index (κ2) is 6.10. The number of thiocarbonyl (C=S) groups is 1. The van der Waals surface area contributed by atoms with Gasteiger partial charge >= 0.3 is 0 Å². The zero-order chi connectivity index (χ0) is 14.0. The monoisotopic (exact) mass is 297 g/mol. The molecular weight excluding hydrogens is 278 g/mol. The molecule has 2 rings (SSSR count). The molecule has 0 amide bonds. The molecule has 1 fully saturated rings. The van der Waals surface area contributed by atoms with Crippen molar-refractivity contribution < 1.29 is 4.74 Å². The van der Waals surface area contributed by atoms with E-state index in [9.17, 15) is 0 Å². The summed E-state index contributed by atoms with van der Waals surface area (Å²) in [5.41, 5.74) is 6.36. The highest BCUT2D eigenvalue weighted by Crippen LogP contribution is 2.34. The van der Waals surface area contributed by atoms with Crippen molar-refractivity contribution in [2.24, 2.45) is 17.6 Å². The molecule has 0 aromatic heterocycles. The Morgan fingerprint density at radius 2 is 1.89 bits per heavy atom. The minimum atomic E-state index is 0.256. The highest BCUT2D eigenvalue weighted by Gasteiger charge is 2.25. The molecule has 2 atom stereocenters. The lowest BCUT2D eigenvalue weighted by molar-refractivity contribution is 0.101. The Balaban J connectivity index is 2.08. The SMILES string of the molecule is CC1CC(C)CC(Oc2ccc(C(N)=S)cc2Cl)C1. The third-order valence-corrected chi connectivity index (χ3v) is 4.18. The molecule has 2 unspecified atom stereocenters. The van der Waals surface area contributed by atoms with Crippen molar-refractivity contribution in [2.45, 2.75) is 39.2 Å². The molecule has 1 aliphatic rings. The first-order chi connectivity index (χ1) is 8.95. The van der Waals surface area contributed by atoms with Gasteiger partial charge in [-0.2, -0.15) is 0 Å². The van der Waals surface area contributed by atoms with Crippen molar-refractivity contribution in [3.05, 3.63) is 28.8 Å². The minimum absolute atomic E-state index is 0.256. The quantitative estimate of drug-likeness (QED) is 0.850. The summed E-state index contributed by atoms with van der Waals surface area (Å²) in [5.74, 6) is 2.15. The predicted octanol–water partition coefficient (Wildman–Crippen LogP) is 4.18. The van der Waals surface area contributed by atoms with Crippen LogP contribution < -0.4 is 10.5 Å². The summed E-state index contributed by atoms with van der Waals surface area (Å²) < 4.78 is 6.05. The van der Waals surface area contributed by atoms with E-state index in [0.29, 0.717) is 21.8 Å². The Bertz CT molecular complexity index is 467. The maximum Gasteiger partial charge on any atom is 0.138 e. The van der Waals surface area contributed by atoms with Crippen molar-refractivity contribution in [3.63, 3.8) is 0 Å². The standard InChI is InChI=1S/C15H20ClNOS/c1-9-5-10(2)7-12(6-9)18-14-4-3-11(15(17)19)8-13(14)16/h3-4,8-10,12H,5-7H2,1-2H3,(H2,17,19). The van der Waals surface area contributed by atoms with Crippen LogP contribution in [0.5, 0.6) is 5.75 Å². The van der Waals surface area contributed by atoms with E-state index in [1.165, 1.54) is 6.42 Å². The molecule has 0 heterocycles. The van der Waals surface area contributed by atoms with E-state index in [4.69, 9.17) is 34.3 Å². The number of halogens is 1. The highest BCUT2D eigenvalue weighted by atomic mass is 35.5. The van der Waals surface area contributed by atoms with E-state index in [0.717, 1.165) is 24.2 Å². The van der Waals surface area contributed by atoms with Gasteiger partial charge in [0.2, 0.25) is 0 Å². The van der Waals surface area contributed by atoms with Crippen molar-refractivity contribution in [1.82, 2.24) is 0 Å². The van der Waals surface area contributed by atoms with Crippen LogP contribution in [0.25, 0.3) is 0 Å². The second-order valence-corrected chi connectivity index (χ2v) is 6.51. The zero-order valence-corrected chi connectivity index (χ0v) is 12.9. The minimum Gasteiger partial charge on any atom is -0.489 e. The van der Waals surface area contributed by atoms with Crippen LogP contribution in [-0.2, 0) is 0 Å². The fourth-order valence-electron chi connectivity index (χ4n) is 2.90. The maximum absolute atomic E-state index is 6.23. The normalized spacial score (nSPS) is 27.0. The fraction of sp³-hybridized carbons (Fsp3) is 0.533. The highest BCUT2D eigenvalue weighted by molar-refractivity contribution is 7.80. The Kier molecular flexibility index (Phi) is 4.69. The first-order valence-corrected chi connectivity index (χ1v) is 7.50. The molecule has 19 heavy (non-hydrogen) atoms. The molecule has 1 aliphatic carbocycles. The Labute approximate surface area is 125 Å². The second-order valence-electron chi connectivity index (χ2n) is 5.67. The van der Waals surface area contributed by atoms with Crippen LogP contribution in [0.4, 0.5) is 0 Å². The average molecular weight is 298 g/mol. The largest absolute Gasteiger partial charge is 0.489 e. The summed E-state index contributed by atoms with van der Waals surface area (Å²) >= 11 is 11.2. The number of ether oxygens (including phenoxy) is 1. The third kappa shape index (κ3) is 3.83. The van der Waals surface area contributed by atoms with Gasteiger partial charge in [0.05, 0.1) is 11.1 Å². The lowest BCUT2D eigenvalue weighted by Gasteiger charge is -2.32. The maximum atomic E-state index is 6.23. The molecule has 0 bridgehead atoms. The molecule has 104 valence electrons. The molecule has 0 aliphatic heterocycles. The molecule has 0 spiro atoms. The van der Waals surface area contributed by atoms with Gasteiger partial charge in [0.15, 0.2) is 0 Å². The molecule has 1 saturated carbocycles. The molecule has 0 saturated heterocycles. The summed E-state index contributed by atoms with van der Waals surface area (Å²) in [5, 5.41) is 0.580. The predicted molar refractivity (Wildman–Crippen MR) is 83.9 cm³/mol. The Morgan fingerprint density at radius 3 is 2.42 bits per heavy atom. The summed E-state index contributed by atoms with van der Waals surface area (Å²) in [6, 6.07) is 5.49. The van der Waals surface area contributed by atoms with E-state index in [1.54, 1.807) is 6.07 Å². The van der Waals surface area contributed by atoms with Crippen molar-refractivity contribution in [1.29, 1.82) is 0 Å². The number of nitrogens with two attached hydrogens (primary N) is 1. The number of hydrogen-bond donors (Lipinski definition) is 1. The van der Waals surface area contributed by atoms with Crippen LogP contribution in [0.2, 0.25) is 5.02 Å². The van der Waals surface area contributed by atoms with Crippen LogP contribution in [0, 0.1) is 11.8 Å². The zero-order valence-electron chi connectivity index (χ0n) is 11.4. The lowest BCUT2D eigenvalue weighted by atomic mass is 9.82. The molecule has 2 nitrogen and oxygen atoms in total. The van der Waals surface area contributed by atoms with Gasteiger partial charge in [-0.1, -0.05) is 37.7 Å². The molecule has 2 N–H and O–H groups in total. The first-order valence-electron chi connectivity index (χ1n) is 6.71. The number of rotatable bonds is 3. The fourth-order valence-corrected chi connectivity index (χ4v) is 3.25. The van der Waals surface area contributed by atoms with Gasteiger partial charge in [-0.15, -0.1) is 0 Å². The number of hydrogen-bond acceptors (Lipinski definition) is 2. The first kappa shape index (κ1) is 14.6. The number of benzene rings is 1. The average Bonchev–Trinajstić information content (AvgIpc) is 2.30. The molecule has 0 radical (unpaired) electrons. The molecular formula is C15H20ClNOS. The summed E-state index contributed by atoms with van der Waals surface area (Å²) in [6.45, 7) is 4.56. The van der Waals surface area contributed by atoms with E-state index in [2.05, 4.69) is 13.8 Å². The molecule has 1 aromatic rings. The molecule has 1 aromatic carbocycles. The Hall–Kier alpha value is -0.800. The summed E-state index contributed by atoms with van der Waals surface area (Å²) in [7, 11) is 0. The van der Waals surface area contributed by atoms with Gasteiger partial charge in [0.1, 0.15) is 10.7 Å². The van der Waals surface area contributed by atoms with Crippen molar-refractivity contribution in [3.8, 4) is 5.75 Å². The van der Waals surface area contributed by atoms with Crippen LogP contribution in [0.15, 0.2) is 18.2 Å². The van der Waals surface area contributed by atoms with Gasteiger partial charge in [-0.25, -0.2) is 0 Å².